The molecule has 0 saturated carbocycles. The lowest BCUT2D eigenvalue weighted by atomic mass is 10.1. The average Bonchev–Trinajstić information content (AvgIpc) is 3.06. The molecule has 2 saturated heterocycles. The van der Waals surface area contributed by atoms with E-state index in [0.717, 1.165) is 38.4 Å². The van der Waals surface area contributed by atoms with Gasteiger partial charge in [-0.15, -0.1) is 0 Å². The minimum atomic E-state index is -0.436. The summed E-state index contributed by atoms with van der Waals surface area (Å²) >= 11 is 0. The number of unbranched alkanes of at least 4 members (excludes halogenated alkanes) is 6. The number of imide groups is 1. The third-order valence-corrected chi connectivity index (χ3v) is 5.64. The maximum atomic E-state index is 12.6. The number of hydrogen-bond donors (Lipinski definition) is 1. The van der Waals surface area contributed by atoms with Crippen LogP contribution in [-0.2, 0) is 9.53 Å². The number of urea groups is 1. The van der Waals surface area contributed by atoms with Crippen LogP contribution in [0, 0.1) is 0 Å². The Labute approximate surface area is 161 Å². The van der Waals surface area contributed by atoms with E-state index in [1.54, 1.807) is 7.05 Å². The number of likely N-dealkylation sites (N-methyl/N-ethyl adjacent to an activating group) is 1. The van der Waals surface area contributed by atoms with Crippen LogP contribution < -0.4 is 5.32 Å². The molecule has 3 amide bonds. The molecule has 8 nitrogen and oxygen atoms in total. The molecule has 152 valence electrons. The first kappa shape index (κ1) is 19.9. The predicted molar refractivity (Wildman–Crippen MR) is 103 cm³/mol. The number of nitrogens with zero attached hydrogens (tertiary/aromatic N) is 4. The zero-order valence-electron chi connectivity index (χ0n) is 16.7. The van der Waals surface area contributed by atoms with Gasteiger partial charge in [0, 0.05) is 26.7 Å². The molecule has 1 N–H and O–H groups in total. The molecule has 8 heteroatoms. The first-order valence-electron chi connectivity index (χ1n) is 10.4. The van der Waals surface area contributed by atoms with Gasteiger partial charge in [-0.2, -0.15) is 0 Å². The molecule has 3 rings (SSSR count). The van der Waals surface area contributed by atoms with Crippen LogP contribution in [0.15, 0.2) is 4.99 Å². The third-order valence-electron chi connectivity index (χ3n) is 5.64. The molecule has 0 spiro atoms. The number of hydrogen-bond acceptors (Lipinski definition) is 6. The number of morpholine rings is 1. The van der Waals surface area contributed by atoms with Gasteiger partial charge in [-0.25, -0.2) is 9.79 Å². The lowest BCUT2D eigenvalue weighted by Crippen LogP contribution is -2.64. The molecule has 3 aliphatic heterocycles. The third kappa shape index (κ3) is 4.54. The van der Waals surface area contributed by atoms with Gasteiger partial charge in [-0.3, -0.25) is 10.1 Å². The monoisotopic (exact) mass is 379 g/mol. The molecule has 0 bridgehead atoms. The van der Waals surface area contributed by atoms with E-state index in [0.29, 0.717) is 13.2 Å². The molecule has 2 atom stereocenters. The molecule has 2 fully saturated rings. The second kappa shape index (κ2) is 9.39. The van der Waals surface area contributed by atoms with E-state index in [4.69, 9.17) is 9.73 Å². The first-order chi connectivity index (χ1) is 13.1. The van der Waals surface area contributed by atoms with Gasteiger partial charge in [-0.1, -0.05) is 45.4 Å². The molecule has 27 heavy (non-hydrogen) atoms. The smallest absolute Gasteiger partial charge is 0.325 e. The van der Waals surface area contributed by atoms with E-state index >= 15 is 0 Å². The molecule has 3 aliphatic rings. The average molecular weight is 380 g/mol. The quantitative estimate of drug-likeness (QED) is 0.649. The number of amides is 3. The molecule has 3 heterocycles. The lowest BCUT2D eigenvalue weighted by Gasteiger charge is -2.38. The fourth-order valence-electron chi connectivity index (χ4n) is 4.02. The summed E-state index contributed by atoms with van der Waals surface area (Å²) < 4.78 is 5.46. The van der Waals surface area contributed by atoms with Crippen LogP contribution in [0.4, 0.5) is 4.79 Å². The normalized spacial score (nSPS) is 25.6. The number of nitrogens with one attached hydrogen (secondary N) is 1. The van der Waals surface area contributed by atoms with Crippen molar-refractivity contribution in [3.8, 4) is 0 Å². The largest absolute Gasteiger partial charge is 0.378 e. The Bertz CT molecular complexity index is 562. The Balaban J connectivity index is 1.63. The summed E-state index contributed by atoms with van der Waals surface area (Å²) in [5.41, 5.74) is 0. The molecular weight excluding hydrogens is 346 g/mol. The number of aliphatic imine (C=N–C) groups is 1. The van der Waals surface area contributed by atoms with Gasteiger partial charge in [0.05, 0.1) is 13.2 Å². The summed E-state index contributed by atoms with van der Waals surface area (Å²) in [6.07, 6.45) is 8.14. The van der Waals surface area contributed by atoms with E-state index in [9.17, 15) is 9.59 Å². The van der Waals surface area contributed by atoms with E-state index in [-0.39, 0.29) is 11.9 Å². The van der Waals surface area contributed by atoms with Gasteiger partial charge >= 0.3 is 6.03 Å². The lowest BCUT2D eigenvalue weighted by molar-refractivity contribution is -0.127. The fourth-order valence-corrected chi connectivity index (χ4v) is 4.02. The fraction of sp³-hybridized carbons (Fsp3) is 0.842. The highest BCUT2D eigenvalue weighted by molar-refractivity contribution is 6.03. The standard InChI is InChI=1S/C19H33N5O3/c1-3-4-5-6-7-8-9-10-24-15-16(22(2)19(26)21-17(15)25)20-18(24)23-11-13-27-14-12-23/h15-16H,3-14H2,1-2H3,(H,21,25,26). The molecule has 0 aliphatic carbocycles. The van der Waals surface area contributed by atoms with E-state index in [1.807, 2.05) is 0 Å². The van der Waals surface area contributed by atoms with Crippen LogP contribution in [0.1, 0.15) is 51.9 Å². The zero-order chi connectivity index (χ0) is 19.2. The summed E-state index contributed by atoms with van der Waals surface area (Å²) in [6.45, 7) is 5.89. The minimum Gasteiger partial charge on any atom is -0.378 e. The van der Waals surface area contributed by atoms with Crippen LogP contribution in [0.5, 0.6) is 0 Å². The van der Waals surface area contributed by atoms with E-state index in [2.05, 4.69) is 22.0 Å². The van der Waals surface area contributed by atoms with Gasteiger partial charge in [0.15, 0.2) is 18.2 Å². The highest BCUT2D eigenvalue weighted by atomic mass is 16.5. The highest BCUT2D eigenvalue weighted by Gasteiger charge is 2.49. The van der Waals surface area contributed by atoms with Gasteiger partial charge in [0.1, 0.15) is 0 Å². The number of rotatable bonds is 8. The number of fused-ring (bicyclic) bond motifs is 1. The summed E-state index contributed by atoms with van der Waals surface area (Å²) in [5, 5.41) is 2.47. The topological polar surface area (TPSA) is 77.5 Å². The number of carbonyl (C=O) groups is 2. The Kier molecular flexibility index (Phi) is 6.93. The van der Waals surface area contributed by atoms with E-state index in [1.165, 1.54) is 37.0 Å². The first-order valence-corrected chi connectivity index (χ1v) is 10.4. The second-order valence-corrected chi connectivity index (χ2v) is 7.61. The van der Waals surface area contributed by atoms with Crippen molar-refractivity contribution in [3.63, 3.8) is 0 Å². The van der Waals surface area contributed by atoms with Crippen molar-refractivity contribution in [2.75, 3.05) is 39.9 Å². The van der Waals surface area contributed by atoms with Crippen LogP contribution in [-0.4, -0.2) is 84.7 Å². The maximum absolute atomic E-state index is 12.6. The highest BCUT2D eigenvalue weighted by Crippen LogP contribution is 2.26. The second-order valence-electron chi connectivity index (χ2n) is 7.61. The van der Waals surface area contributed by atoms with Crippen molar-refractivity contribution in [3.05, 3.63) is 0 Å². The molecular formula is C19H33N5O3. The van der Waals surface area contributed by atoms with Crippen molar-refractivity contribution >= 4 is 17.9 Å². The molecule has 0 aromatic heterocycles. The summed E-state index contributed by atoms with van der Waals surface area (Å²) in [6, 6.07) is -0.797. The molecule has 0 aromatic rings. The summed E-state index contributed by atoms with van der Waals surface area (Å²) in [4.78, 5) is 35.2. The predicted octanol–water partition coefficient (Wildman–Crippen LogP) is 1.62. The van der Waals surface area contributed by atoms with Crippen molar-refractivity contribution in [1.29, 1.82) is 0 Å². The van der Waals surface area contributed by atoms with Crippen LogP contribution in [0.25, 0.3) is 0 Å². The van der Waals surface area contributed by atoms with Crippen LogP contribution in [0.2, 0.25) is 0 Å². The Morgan fingerprint density at radius 3 is 2.44 bits per heavy atom. The van der Waals surface area contributed by atoms with Crippen LogP contribution in [0.3, 0.4) is 0 Å². The Morgan fingerprint density at radius 2 is 1.74 bits per heavy atom. The van der Waals surface area contributed by atoms with Crippen molar-refractivity contribution in [1.82, 2.24) is 20.0 Å². The van der Waals surface area contributed by atoms with Crippen molar-refractivity contribution in [2.45, 2.75) is 64.1 Å². The molecule has 2 unspecified atom stereocenters. The molecule has 0 radical (unpaired) electrons. The van der Waals surface area contributed by atoms with Gasteiger partial charge in [0.25, 0.3) is 5.91 Å². The van der Waals surface area contributed by atoms with Crippen molar-refractivity contribution in [2.24, 2.45) is 4.99 Å². The SMILES string of the molecule is CCCCCCCCCN1C(N2CCOCC2)=NC2C1C(=O)NC(=O)N2C. The van der Waals surface area contributed by atoms with Crippen molar-refractivity contribution < 1.29 is 14.3 Å². The zero-order valence-corrected chi connectivity index (χ0v) is 16.7. The minimum absolute atomic E-state index is 0.238. The number of carbonyl (C=O) groups excluding carboxylic acids is 2. The van der Waals surface area contributed by atoms with Gasteiger partial charge in [-0.05, 0) is 6.42 Å². The maximum Gasteiger partial charge on any atom is 0.325 e. The Morgan fingerprint density at radius 1 is 1.07 bits per heavy atom. The molecule has 0 aromatic carbocycles. The Hall–Kier alpha value is -1.83. The van der Waals surface area contributed by atoms with Gasteiger partial charge < -0.3 is 19.4 Å². The van der Waals surface area contributed by atoms with E-state index < -0.39 is 12.2 Å². The van der Waals surface area contributed by atoms with Crippen LogP contribution >= 0.6 is 0 Å². The summed E-state index contributed by atoms with van der Waals surface area (Å²) in [5.74, 6) is 0.606. The number of guanidine groups is 1. The summed E-state index contributed by atoms with van der Waals surface area (Å²) in [7, 11) is 1.71. The number of ether oxygens (including phenoxy) is 1. The van der Waals surface area contributed by atoms with Gasteiger partial charge in [0.2, 0.25) is 0 Å².